The van der Waals surface area contributed by atoms with Gasteiger partial charge in [0.1, 0.15) is 0 Å². The molecule has 2 aliphatic rings. The van der Waals surface area contributed by atoms with Crippen molar-refractivity contribution in [3.63, 3.8) is 0 Å². The number of halogens is 2. The summed E-state index contributed by atoms with van der Waals surface area (Å²) in [6.07, 6.45) is 2.08. The van der Waals surface area contributed by atoms with E-state index in [0.29, 0.717) is 5.92 Å². The predicted octanol–water partition coefficient (Wildman–Crippen LogP) is 2.31. The van der Waals surface area contributed by atoms with Gasteiger partial charge in [-0.05, 0) is 37.0 Å². The number of aliphatic hydroxyl groups is 1. The van der Waals surface area contributed by atoms with Crippen LogP contribution in [0.1, 0.15) is 25.7 Å². The monoisotopic (exact) mass is 208 g/mol. The molecule has 0 aromatic rings. The first-order valence-electron chi connectivity index (χ1n) is 4.74. The van der Waals surface area contributed by atoms with Gasteiger partial charge in [-0.3, -0.25) is 0 Å². The molecule has 4 heteroatoms. The van der Waals surface area contributed by atoms with Crippen LogP contribution in [0.25, 0.3) is 0 Å². The average molecular weight is 208 g/mol. The van der Waals surface area contributed by atoms with E-state index in [9.17, 15) is 13.9 Å². The van der Waals surface area contributed by atoms with Crippen molar-refractivity contribution in [3.8, 4) is 0 Å². The Hall–Kier alpha value is 0.170. The second-order valence-electron chi connectivity index (χ2n) is 4.42. The zero-order valence-corrected chi connectivity index (χ0v) is 8.18. The van der Waals surface area contributed by atoms with Gasteiger partial charge in [-0.2, -0.15) is 8.78 Å². The van der Waals surface area contributed by atoms with E-state index in [-0.39, 0.29) is 24.4 Å². The molecule has 4 atom stereocenters. The van der Waals surface area contributed by atoms with Crippen molar-refractivity contribution in [3.05, 3.63) is 0 Å². The van der Waals surface area contributed by atoms with E-state index in [0.717, 1.165) is 19.3 Å². The Morgan fingerprint density at radius 1 is 1.23 bits per heavy atom. The number of rotatable bonds is 2. The van der Waals surface area contributed by atoms with Gasteiger partial charge in [-0.25, -0.2) is 0 Å². The van der Waals surface area contributed by atoms with Crippen molar-refractivity contribution in [1.29, 1.82) is 0 Å². The molecule has 0 radical (unpaired) electrons. The van der Waals surface area contributed by atoms with E-state index < -0.39 is 5.25 Å². The normalized spacial score (nSPS) is 44.3. The first-order chi connectivity index (χ1) is 5.96. The van der Waals surface area contributed by atoms with Crippen molar-refractivity contribution < 1.29 is 13.9 Å². The molecule has 0 aromatic heterocycles. The van der Waals surface area contributed by atoms with Crippen molar-refractivity contribution in [1.82, 2.24) is 0 Å². The standard InChI is InChI=1S/C9H14F2OS/c10-9(11,13)4-7-2-6-1-5(7)3-8(6)12/h5-8,12-13H,1-4H2. The SMILES string of the molecule is OC1CC2CC1CC2CC(F)(F)S. The molecule has 1 nitrogen and oxygen atoms in total. The first-order valence-corrected chi connectivity index (χ1v) is 5.18. The Bertz CT molecular complexity index is 202. The van der Waals surface area contributed by atoms with Gasteiger partial charge in [0.05, 0.1) is 6.10 Å². The quantitative estimate of drug-likeness (QED) is 0.667. The second-order valence-corrected chi connectivity index (χ2v) is 5.08. The summed E-state index contributed by atoms with van der Waals surface area (Å²) in [5, 5.41) is 6.60. The van der Waals surface area contributed by atoms with Crippen LogP contribution >= 0.6 is 12.6 Å². The zero-order valence-electron chi connectivity index (χ0n) is 7.29. The molecular weight excluding hydrogens is 194 g/mol. The van der Waals surface area contributed by atoms with Crippen LogP contribution in [0.5, 0.6) is 0 Å². The summed E-state index contributed by atoms with van der Waals surface area (Å²) in [6.45, 7) is 0. The third kappa shape index (κ3) is 1.99. The highest BCUT2D eigenvalue weighted by atomic mass is 32.1. The fourth-order valence-electron chi connectivity index (χ4n) is 2.93. The number of hydrogen-bond donors (Lipinski definition) is 2. The van der Waals surface area contributed by atoms with E-state index in [4.69, 9.17) is 0 Å². The van der Waals surface area contributed by atoms with Crippen molar-refractivity contribution in [2.24, 2.45) is 17.8 Å². The smallest absolute Gasteiger partial charge is 0.291 e. The molecule has 2 rings (SSSR count). The number of alkyl halides is 2. The topological polar surface area (TPSA) is 20.2 Å². The number of thiol groups is 1. The molecule has 1 N–H and O–H groups in total. The van der Waals surface area contributed by atoms with E-state index in [2.05, 4.69) is 12.6 Å². The molecule has 0 aromatic carbocycles. The molecule has 0 amide bonds. The molecule has 2 aliphatic carbocycles. The number of aliphatic hydroxyl groups excluding tert-OH is 1. The Balaban J connectivity index is 1.92. The molecule has 2 fully saturated rings. The van der Waals surface area contributed by atoms with Crippen LogP contribution in [0.4, 0.5) is 8.78 Å². The van der Waals surface area contributed by atoms with Crippen LogP contribution in [-0.4, -0.2) is 16.5 Å². The van der Waals surface area contributed by atoms with Gasteiger partial charge in [0, 0.05) is 6.42 Å². The molecular formula is C9H14F2OS. The lowest BCUT2D eigenvalue weighted by atomic mass is 9.85. The summed E-state index contributed by atoms with van der Waals surface area (Å²) in [4.78, 5) is 0. The van der Waals surface area contributed by atoms with E-state index in [1.165, 1.54) is 0 Å². The summed E-state index contributed by atoms with van der Waals surface area (Å²) < 4.78 is 25.2. The number of hydrogen-bond acceptors (Lipinski definition) is 2. The van der Waals surface area contributed by atoms with E-state index >= 15 is 0 Å². The molecule has 0 aliphatic heterocycles. The maximum absolute atomic E-state index is 12.6. The Morgan fingerprint density at radius 2 is 1.92 bits per heavy atom. The van der Waals surface area contributed by atoms with Gasteiger partial charge in [0.15, 0.2) is 0 Å². The summed E-state index contributed by atoms with van der Waals surface area (Å²) in [5.41, 5.74) is 0. The van der Waals surface area contributed by atoms with Crippen LogP contribution in [0.3, 0.4) is 0 Å². The lowest BCUT2D eigenvalue weighted by Crippen LogP contribution is -2.25. The van der Waals surface area contributed by atoms with Crippen LogP contribution < -0.4 is 0 Å². The molecule has 76 valence electrons. The van der Waals surface area contributed by atoms with Crippen molar-refractivity contribution in [2.75, 3.05) is 0 Å². The van der Waals surface area contributed by atoms with Crippen LogP contribution in [0.15, 0.2) is 0 Å². The third-order valence-corrected chi connectivity index (χ3v) is 3.66. The van der Waals surface area contributed by atoms with E-state index in [1.807, 2.05) is 0 Å². The van der Waals surface area contributed by atoms with Gasteiger partial charge in [-0.1, -0.05) is 0 Å². The minimum Gasteiger partial charge on any atom is -0.393 e. The molecule has 13 heavy (non-hydrogen) atoms. The summed E-state index contributed by atoms with van der Waals surface area (Å²) in [6, 6.07) is 0. The van der Waals surface area contributed by atoms with Gasteiger partial charge in [-0.15, -0.1) is 12.6 Å². The van der Waals surface area contributed by atoms with Gasteiger partial charge in [0.2, 0.25) is 0 Å². The zero-order chi connectivity index (χ0) is 9.64. The fraction of sp³-hybridized carbons (Fsp3) is 1.00. The second kappa shape index (κ2) is 3.09. The summed E-state index contributed by atoms with van der Waals surface area (Å²) >= 11 is 3.25. The van der Waals surface area contributed by atoms with Crippen molar-refractivity contribution >= 4 is 12.6 Å². The Labute approximate surface area is 81.9 Å². The molecule has 0 saturated heterocycles. The highest BCUT2D eigenvalue weighted by molar-refractivity contribution is 7.81. The minimum atomic E-state index is -2.83. The van der Waals surface area contributed by atoms with Gasteiger partial charge < -0.3 is 5.11 Å². The fourth-order valence-corrected chi connectivity index (χ4v) is 3.16. The lowest BCUT2D eigenvalue weighted by Gasteiger charge is -2.26. The predicted molar refractivity (Wildman–Crippen MR) is 48.9 cm³/mol. The van der Waals surface area contributed by atoms with E-state index in [1.54, 1.807) is 0 Å². The van der Waals surface area contributed by atoms with Crippen molar-refractivity contribution in [2.45, 2.75) is 37.0 Å². The maximum Gasteiger partial charge on any atom is 0.291 e. The molecule has 2 bridgehead atoms. The van der Waals surface area contributed by atoms with Crippen LogP contribution in [-0.2, 0) is 0 Å². The highest BCUT2D eigenvalue weighted by Gasteiger charge is 2.47. The lowest BCUT2D eigenvalue weighted by molar-refractivity contribution is 0.0419. The average Bonchev–Trinajstić information content (AvgIpc) is 2.42. The van der Waals surface area contributed by atoms with Crippen LogP contribution in [0.2, 0.25) is 0 Å². The van der Waals surface area contributed by atoms with Gasteiger partial charge in [0.25, 0.3) is 5.25 Å². The third-order valence-electron chi connectivity index (χ3n) is 3.47. The van der Waals surface area contributed by atoms with Gasteiger partial charge >= 0.3 is 0 Å². The molecule has 0 spiro atoms. The minimum absolute atomic E-state index is 0.0842. The molecule has 4 unspecified atom stereocenters. The molecule has 0 heterocycles. The largest absolute Gasteiger partial charge is 0.393 e. The first kappa shape index (κ1) is 9.71. The maximum atomic E-state index is 12.6. The van der Waals surface area contributed by atoms with Crippen LogP contribution in [0, 0.1) is 17.8 Å². The molecule has 2 saturated carbocycles. The Morgan fingerprint density at radius 3 is 2.31 bits per heavy atom. The Kier molecular flexibility index (Phi) is 2.31. The number of fused-ring (bicyclic) bond motifs is 2. The summed E-state index contributed by atoms with van der Waals surface area (Å²) in [7, 11) is 0. The highest BCUT2D eigenvalue weighted by Crippen LogP contribution is 2.51. The summed E-state index contributed by atoms with van der Waals surface area (Å²) in [5.74, 6) is 0.685.